The third kappa shape index (κ3) is 5.25. The van der Waals surface area contributed by atoms with Crippen LogP contribution in [0, 0.1) is 11.8 Å². The molecule has 182 valence electrons. The van der Waals surface area contributed by atoms with Crippen LogP contribution in [0.5, 0.6) is 0 Å². The van der Waals surface area contributed by atoms with Gasteiger partial charge in [-0.25, -0.2) is 0 Å². The Hall–Kier alpha value is -2.38. The van der Waals surface area contributed by atoms with Crippen LogP contribution < -0.4 is 5.32 Å². The van der Waals surface area contributed by atoms with Gasteiger partial charge in [0.05, 0.1) is 0 Å². The topological polar surface area (TPSA) is 87.5 Å². The molecule has 2 aliphatic heterocycles. The van der Waals surface area contributed by atoms with Gasteiger partial charge in [-0.2, -0.15) is 5.10 Å². The Morgan fingerprint density at radius 1 is 0.939 bits per heavy atom. The molecule has 8 nitrogen and oxygen atoms in total. The van der Waals surface area contributed by atoms with Crippen molar-refractivity contribution in [2.24, 2.45) is 18.9 Å². The minimum atomic E-state index is -0.0756. The molecule has 3 amide bonds. The molecule has 1 aromatic heterocycles. The second-order valence-corrected chi connectivity index (χ2v) is 10.3. The Morgan fingerprint density at radius 2 is 1.61 bits per heavy atom. The first kappa shape index (κ1) is 23.8. The number of fused-ring (bicyclic) bond motifs is 1. The number of piperidine rings is 1. The van der Waals surface area contributed by atoms with Crippen LogP contribution in [0.2, 0.25) is 0 Å². The lowest BCUT2D eigenvalue weighted by Gasteiger charge is -2.32. The number of aryl methyl sites for hydroxylation is 1. The van der Waals surface area contributed by atoms with E-state index >= 15 is 0 Å². The number of rotatable bonds is 4. The SMILES string of the molecule is CC(C)C(=O)N1CCc2c(c(C(=O)N3CCC(C(=O)NC4CCCCCC4)CC3)nn2C)C1. The van der Waals surface area contributed by atoms with Gasteiger partial charge in [0, 0.05) is 68.8 Å². The summed E-state index contributed by atoms with van der Waals surface area (Å²) >= 11 is 0. The molecule has 1 saturated heterocycles. The van der Waals surface area contributed by atoms with E-state index in [2.05, 4.69) is 10.4 Å². The van der Waals surface area contributed by atoms with Gasteiger partial charge < -0.3 is 15.1 Å². The number of nitrogens with one attached hydrogen (secondary N) is 1. The maximum atomic E-state index is 13.4. The average molecular weight is 458 g/mol. The van der Waals surface area contributed by atoms with Gasteiger partial charge in [-0.3, -0.25) is 19.1 Å². The predicted octanol–water partition coefficient (Wildman–Crippen LogP) is 2.65. The summed E-state index contributed by atoms with van der Waals surface area (Å²) in [5, 5.41) is 7.83. The summed E-state index contributed by atoms with van der Waals surface area (Å²) in [6.45, 7) is 6.07. The van der Waals surface area contributed by atoms with Gasteiger partial charge in [0.1, 0.15) is 0 Å². The second kappa shape index (κ2) is 10.3. The molecule has 1 N–H and O–H groups in total. The third-order valence-corrected chi connectivity index (χ3v) is 7.60. The summed E-state index contributed by atoms with van der Waals surface area (Å²) in [5.74, 6) is 0.114. The Labute approximate surface area is 197 Å². The molecule has 1 aromatic rings. The Balaban J connectivity index is 1.36. The van der Waals surface area contributed by atoms with Crippen molar-refractivity contribution in [2.75, 3.05) is 19.6 Å². The van der Waals surface area contributed by atoms with E-state index in [1.54, 1.807) is 4.68 Å². The van der Waals surface area contributed by atoms with E-state index in [1.807, 2.05) is 30.7 Å². The zero-order chi connectivity index (χ0) is 23.5. The zero-order valence-electron chi connectivity index (χ0n) is 20.4. The van der Waals surface area contributed by atoms with E-state index in [0.717, 1.165) is 24.1 Å². The molecule has 0 aromatic carbocycles. The minimum absolute atomic E-state index is 0.0193. The fourth-order valence-electron chi connectivity index (χ4n) is 5.55. The smallest absolute Gasteiger partial charge is 0.274 e. The molecule has 8 heteroatoms. The summed E-state index contributed by atoms with van der Waals surface area (Å²) in [6.07, 6.45) is 9.22. The number of carbonyl (C=O) groups excluding carboxylic acids is 3. The number of nitrogens with zero attached hydrogens (tertiary/aromatic N) is 4. The molecular formula is C25H39N5O3. The fraction of sp³-hybridized carbons (Fsp3) is 0.760. The molecule has 3 aliphatic rings. The quantitative estimate of drug-likeness (QED) is 0.704. The highest BCUT2D eigenvalue weighted by Gasteiger charge is 2.34. The van der Waals surface area contributed by atoms with E-state index in [9.17, 15) is 14.4 Å². The predicted molar refractivity (Wildman–Crippen MR) is 125 cm³/mol. The molecule has 1 saturated carbocycles. The lowest BCUT2D eigenvalue weighted by Crippen LogP contribution is -2.45. The van der Waals surface area contributed by atoms with Crippen LogP contribution >= 0.6 is 0 Å². The highest BCUT2D eigenvalue weighted by Crippen LogP contribution is 2.27. The van der Waals surface area contributed by atoms with Gasteiger partial charge in [-0.05, 0) is 25.7 Å². The summed E-state index contributed by atoms with van der Waals surface area (Å²) < 4.78 is 1.80. The van der Waals surface area contributed by atoms with Crippen LogP contribution in [0.25, 0.3) is 0 Å². The van der Waals surface area contributed by atoms with Crippen molar-refractivity contribution in [1.82, 2.24) is 24.9 Å². The molecule has 0 atom stereocenters. The maximum absolute atomic E-state index is 13.4. The molecule has 3 heterocycles. The molecule has 4 rings (SSSR count). The number of likely N-dealkylation sites (tertiary alicyclic amines) is 1. The molecule has 33 heavy (non-hydrogen) atoms. The van der Waals surface area contributed by atoms with Gasteiger partial charge in [0.2, 0.25) is 11.8 Å². The third-order valence-electron chi connectivity index (χ3n) is 7.60. The van der Waals surface area contributed by atoms with E-state index in [0.29, 0.717) is 57.2 Å². The largest absolute Gasteiger partial charge is 0.353 e. The fourth-order valence-corrected chi connectivity index (χ4v) is 5.55. The molecule has 0 unspecified atom stereocenters. The summed E-state index contributed by atoms with van der Waals surface area (Å²) in [4.78, 5) is 42.4. The lowest BCUT2D eigenvalue weighted by molar-refractivity contribution is -0.135. The van der Waals surface area contributed by atoms with Gasteiger partial charge in [-0.1, -0.05) is 39.5 Å². The van der Waals surface area contributed by atoms with E-state index in [-0.39, 0.29) is 29.6 Å². The monoisotopic (exact) mass is 457 g/mol. The normalized spacial score (nSPS) is 20.5. The number of hydrogen-bond acceptors (Lipinski definition) is 4. The molecular weight excluding hydrogens is 418 g/mol. The molecule has 2 fully saturated rings. The van der Waals surface area contributed by atoms with Crippen LogP contribution in [-0.4, -0.2) is 63.0 Å². The zero-order valence-corrected chi connectivity index (χ0v) is 20.4. The highest BCUT2D eigenvalue weighted by atomic mass is 16.2. The van der Waals surface area contributed by atoms with Crippen molar-refractivity contribution in [3.63, 3.8) is 0 Å². The average Bonchev–Trinajstić information content (AvgIpc) is 2.97. The van der Waals surface area contributed by atoms with Crippen molar-refractivity contribution in [3.05, 3.63) is 17.0 Å². The molecule has 0 radical (unpaired) electrons. The Bertz CT molecular complexity index is 877. The summed E-state index contributed by atoms with van der Waals surface area (Å²) in [6, 6.07) is 0.316. The van der Waals surface area contributed by atoms with Crippen LogP contribution in [0.4, 0.5) is 0 Å². The van der Waals surface area contributed by atoms with E-state index in [1.165, 1.54) is 25.7 Å². The van der Waals surface area contributed by atoms with Crippen LogP contribution in [0.15, 0.2) is 0 Å². The number of amides is 3. The van der Waals surface area contributed by atoms with Gasteiger partial charge in [0.15, 0.2) is 5.69 Å². The Morgan fingerprint density at radius 3 is 2.24 bits per heavy atom. The van der Waals surface area contributed by atoms with E-state index in [4.69, 9.17) is 0 Å². The van der Waals surface area contributed by atoms with Gasteiger partial charge in [0.25, 0.3) is 5.91 Å². The standard InChI is InChI=1S/C25H39N5O3/c1-17(2)24(32)30-15-12-21-20(16-30)22(27-28(21)3)25(33)29-13-10-18(11-14-29)23(31)26-19-8-6-4-5-7-9-19/h17-19H,4-16H2,1-3H3,(H,26,31). The van der Waals surface area contributed by atoms with Crippen molar-refractivity contribution in [1.29, 1.82) is 0 Å². The maximum Gasteiger partial charge on any atom is 0.274 e. The molecule has 0 spiro atoms. The lowest BCUT2D eigenvalue weighted by atomic mass is 9.94. The van der Waals surface area contributed by atoms with Crippen molar-refractivity contribution >= 4 is 17.7 Å². The van der Waals surface area contributed by atoms with Crippen molar-refractivity contribution < 1.29 is 14.4 Å². The van der Waals surface area contributed by atoms with Crippen LogP contribution in [-0.2, 0) is 29.6 Å². The summed E-state index contributed by atoms with van der Waals surface area (Å²) in [7, 11) is 1.87. The highest BCUT2D eigenvalue weighted by molar-refractivity contribution is 5.94. The van der Waals surface area contributed by atoms with Crippen molar-refractivity contribution in [2.45, 2.75) is 84.2 Å². The second-order valence-electron chi connectivity index (χ2n) is 10.3. The van der Waals surface area contributed by atoms with E-state index < -0.39 is 0 Å². The minimum Gasteiger partial charge on any atom is -0.353 e. The first-order chi connectivity index (χ1) is 15.8. The number of aromatic nitrogens is 2. The van der Waals surface area contributed by atoms with Crippen LogP contribution in [0.1, 0.15) is 87.0 Å². The Kier molecular flexibility index (Phi) is 7.39. The number of hydrogen-bond donors (Lipinski definition) is 1. The van der Waals surface area contributed by atoms with Gasteiger partial charge in [-0.15, -0.1) is 0 Å². The first-order valence-electron chi connectivity index (χ1n) is 12.8. The first-order valence-corrected chi connectivity index (χ1v) is 12.8. The molecule has 0 bridgehead atoms. The number of carbonyl (C=O) groups is 3. The summed E-state index contributed by atoms with van der Waals surface area (Å²) in [5.41, 5.74) is 2.40. The molecule has 1 aliphatic carbocycles. The van der Waals surface area contributed by atoms with Crippen LogP contribution in [0.3, 0.4) is 0 Å². The van der Waals surface area contributed by atoms with Crippen molar-refractivity contribution in [3.8, 4) is 0 Å². The van der Waals surface area contributed by atoms with Gasteiger partial charge >= 0.3 is 0 Å².